The summed E-state index contributed by atoms with van der Waals surface area (Å²) < 4.78 is 30.0. The molecule has 0 N–H and O–H groups in total. The van der Waals surface area contributed by atoms with Gasteiger partial charge in [-0.2, -0.15) is 0 Å². The van der Waals surface area contributed by atoms with Crippen molar-refractivity contribution in [2.45, 2.75) is 6.92 Å². The first-order chi connectivity index (χ1) is 15.9. The van der Waals surface area contributed by atoms with E-state index >= 15 is 0 Å². The Hall–Kier alpha value is -3.88. The quantitative estimate of drug-likeness (QED) is 0.377. The summed E-state index contributed by atoms with van der Waals surface area (Å²) in [5.41, 5.74) is 1.45. The summed E-state index contributed by atoms with van der Waals surface area (Å²) in [6.45, 7) is 2.79. The van der Waals surface area contributed by atoms with Crippen molar-refractivity contribution in [3.63, 3.8) is 0 Å². The summed E-state index contributed by atoms with van der Waals surface area (Å²) in [6.07, 6.45) is 2.82. The highest BCUT2D eigenvalue weighted by Crippen LogP contribution is 2.32. The van der Waals surface area contributed by atoms with Crippen LogP contribution in [-0.4, -0.2) is 62.1 Å². The van der Waals surface area contributed by atoms with Gasteiger partial charge in [-0.15, -0.1) is 0 Å². The normalized spacial score (nSPS) is 15.1. The molecule has 2 aliphatic rings. The Morgan fingerprint density at radius 1 is 1.03 bits per heavy atom. The molecule has 2 heterocycles. The molecule has 1 fully saturated rings. The molecule has 172 valence electrons. The van der Waals surface area contributed by atoms with Gasteiger partial charge in [0, 0.05) is 37.8 Å². The molecule has 0 spiro atoms. The minimum Gasteiger partial charge on any atom is -0.454 e. The average Bonchev–Trinajstić information content (AvgIpc) is 3.29. The van der Waals surface area contributed by atoms with E-state index in [1.54, 1.807) is 41.3 Å². The lowest BCUT2D eigenvalue weighted by molar-refractivity contribution is -0.148. The fraction of sp³-hybridized carbons (Fsp3) is 0.292. The van der Waals surface area contributed by atoms with Crippen LogP contribution in [0, 0.1) is 5.82 Å². The van der Waals surface area contributed by atoms with Crippen LogP contribution in [0.2, 0.25) is 0 Å². The van der Waals surface area contributed by atoms with Crippen molar-refractivity contribution in [2.75, 3.05) is 44.5 Å². The zero-order valence-electron chi connectivity index (χ0n) is 18.1. The molecule has 0 saturated carbocycles. The molecule has 8 nitrogen and oxygen atoms in total. The summed E-state index contributed by atoms with van der Waals surface area (Å²) in [4.78, 5) is 39.2. The summed E-state index contributed by atoms with van der Waals surface area (Å²) in [7, 11) is 0. The Morgan fingerprint density at radius 2 is 1.79 bits per heavy atom. The third-order valence-electron chi connectivity index (χ3n) is 5.47. The van der Waals surface area contributed by atoms with Gasteiger partial charge in [0.2, 0.25) is 6.79 Å². The maximum absolute atomic E-state index is 14.4. The van der Waals surface area contributed by atoms with Gasteiger partial charge in [0.1, 0.15) is 5.82 Å². The number of nitrogens with zero attached hydrogens (tertiary/aromatic N) is 2. The molecule has 1 amide bonds. The van der Waals surface area contributed by atoms with Crippen molar-refractivity contribution in [3.05, 3.63) is 59.4 Å². The average molecular weight is 454 g/mol. The van der Waals surface area contributed by atoms with Gasteiger partial charge in [-0.05, 0) is 48.9 Å². The first-order valence-electron chi connectivity index (χ1n) is 10.5. The Kier molecular flexibility index (Phi) is 6.58. The van der Waals surface area contributed by atoms with E-state index in [1.807, 2.05) is 4.90 Å². The van der Waals surface area contributed by atoms with Crippen molar-refractivity contribution in [1.29, 1.82) is 0 Å². The van der Waals surface area contributed by atoms with Crippen LogP contribution in [0.15, 0.2) is 42.5 Å². The summed E-state index contributed by atoms with van der Waals surface area (Å²) in [5.74, 6) is -0.355. The molecule has 0 radical (unpaired) electrons. The number of ether oxygens (including phenoxy) is 3. The van der Waals surface area contributed by atoms with E-state index < -0.39 is 11.8 Å². The number of rotatable bonds is 6. The zero-order chi connectivity index (χ0) is 23.4. The fourth-order valence-electron chi connectivity index (χ4n) is 3.63. The first kappa shape index (κ1) is 22.3. The third kappa shape index (κ3) is 5.31. The topological polar surface area (TPSA) is 85.4 Å². The van der Waals surface area contributed by atoms with E-state index in [0.717, 1.165) is 5.56 Å². The van der Waals surface area contributed by atoms with E-state index in [9.17, 15) is 18.8 Å². The van der Waals surface area contributed by atoms with E-state index in [0.29, 0.717) is 48.9 Å². The Morgan fingerprint density at radius 3 is 2.52 bits per heavy atom. The number of benzene rings is 2. The smallest absolute Gasteiger partial charge is 0.331 e. The van der Waals surface area contributed by atoms with Crippen molar-refractivity contribution in [2.24, 2.45) is 0 Å². The van der Waals surface area contributed by atoms with Crippen LogP contribution in [-0.2, 0) is 14.3 Å². The number of halogens is 1. The Balaban J connectivity index is 1.24. The van der Waals surface area contributed by atoms with E-state index in [2.05, 4.69) is 0 Å². The molecule has 0 bridgehead atoms. The van der Waals surface area contributed by atoms with E-state index in [-0.39, 0.29) is 25.1 Å². The van der Waals surface area contributed by atoms with Gasteiger partial charge in [0.15, 0.2) is 23.9 Å². The monoisotopic (exact) mass is 454 g/mol. The third-order valence-corrected chi connectivity index (χ3v) is 5.47. The second kappa shape index (κ2) is 9.72. The Labute approximate surface area is 190 Å². The molecular formula is C24H23FN2O6. The molecule has 9 heteroatoms. The SMILES string of the molecule is CC(=O)c1ccc(N2CCN(C(=O)COC(=O)/C=C/c3ccc4c(c3)OCO4)CC2)c(F)c1. The number of Topliss-reactive ketones (excluding diaryl/α,β-unsaturated/α-hetero) is 1. The van der Waals surface area contributed by atoms with E-state index in [4.69, 9.17) is 14.2 Å². The van der Waals surface area contributed by atoms with Crippen molar-refractivity contribution in [3.8, 4) is 11.5 Å². The van der Waals surface area contributed by atoms with Crippen LogP contribution in [0.5, 0.6) is 11.5 Å². The van der Waals surface area contributed by atoms with Crippen LogP contribution in [0.25, 0.3) is 6.08 Å². The maximum Gasteiger partial charge on any atom is 0.331 e. The van der Waals surface area contributed by atoms with Crippen molar-refractivity contribution < 1.29 is 33.0 Å². The number of carbonyl (C=O) groups is 3. The fourth-order valence-corrected chi connectivity index (χ4v) is 3.63. The first-order valence-corrected chi connectivity index (χ1v) is 10.5. The minimum atomic E-state index is -0.632. The number of piperazine rings is 1. The zero-order valence-corrected chi connectivity index (χ0v) is 18.1. The van der Waals surface area contributed by atoms with Crippen molar-refractivity contribution in [1.82, 2.24) is 4.90 Å². The molecule has 33 heavy (non-hydrogen) atoms. The summed E-state index contributed by atoms with van der Waals surface area (Å²) in [6, 6.07) is 9.67. The lowest BCUT2D eigenvalue weighted by Crippen LogP contribution is -2.50. The van der Waals surface area contributed by atoms with Crippen LogP contribution in [0.3, 0.4) is 0 Å². The van der Waals surface area contributed by atoms with E-state index in [1.165, 1.54) is 19.1 Å². The molecule has 2 aliphatic heterocycles. The molecule has 4 rings (SSSR count). The largest absolute Gasteiger partial charge is 0.454 e. The van der Waals surface area contributed by atoms with Crippen LogP contribution in [0.4, 0.5) is 10.1 Å². The molecule has 0 aromatic heterocycles. The molecule has 0 atom stereocenters. The highest BCUT2D eigenvalue weighted by molar-refractivity contribution is 5.94. The van der Waals surface area contributed by atoms with Gasteiger partial charge in [-0.25, -0.2) is 9.18 Å². The van der Waals surface area contributed by atoms with Gasteiger partial charge in [-0.1, -0.05) is 6.07 Å². The second-order valence-corrected chi connectivity index (χ2v) is 7.64. The minimum absolute atomic E-state index is 0.169. The predicted molar refractivity (Wildman–Crippen MR) is 118 cm³/mol. The Bertz CT molecular complexity index is 1110. The number of ketones is 1. The second-order valence-electron chi connectivity index (χ2n) is 7.64. The van der Waals surface area contributed by atoms with Gasteiger partial charge in [0.25, 0.3) is 5.91 Å². The van der Waals surface area contributed by atoms with Gasteiger partial charge < -0.3 is 24.0 Å². The molecule has 2 aromatic rings. The van der Waals surface area contributed by atoms with Gasteiger partial charge in [-0.3, -0.25) is 9.59 Å². The van der Waals surface area contributed by atoms with Gasteiger partial charge in [0.05, 0.1) is 5.69 Å². The van der Waals surface area contributed by atoms with Crippen molar-refractivity contribution >= 4 is 29.4 Å². The number of hydrogen-bond donors (Lipinski definition) is 0. The highest BCUT2D eigenvalue weighted by atomic mass is 19.1. The summed E-state index contributed by atoms with van der Waals surface area (Å²) in [5, 5.41) is 0. The van der Waals surface area contributed by atoms with Crippen LogP contribution < -0.4 is 14.4 Å². The van der Waals surface area contributed by atoms with Gasteiger partial charge >= 0.3 is 5.97 Å². The number of anilines is 1. The predicted octanol–water partition coefficient (Wildman–Crippen LogP) is 2.66. The molecule has 2 aromatic carbocycles. The molecule has 0 unspecified atom stereocenters. The number of amides is 1. The maximum atomic E-state index is 14.4. The van der Waals surface area contributed by atoms with Crippen LogP contribution >= 0.6 is 0 Å². The molecule has 0 aliphatic carbocycles. The van der Waals surface area contributed by atoms with Crippen LogP contribution in [0.1, 0.15) is 22.8 Å². The lowest BCUT2D eigenvalue weighted by atomic mass is 10.1. The summed E-state index contributed by atoms with van der Waals surface area (Å²) >= 11 is 0. The number of fused-ring (bicyclic) bond motifs is 1. The molecular weight excluding hydrogens is 431 g/mol. The highest BCUT2D eigenvalue weighted by Gasteiger charge is 2.23. The number of hydrogen-bond acceptors (Lipinski definition) is 7. The standard InChI is InChI=1S/C24H23FN2O6/c1-16(28)18-4-5-20(19(25)13-18)26-8-10-27(11-9-26)23(29)14-31-24(30)7-3-17-2-6-21-22(12-17)33-15-32-21/h2-7,12-13H,8-11,14-15H2,1H3/b7-3+. The molecule has 1 saturated heterocycles. The number of esters is 1. The lowest BCUT2D eigenvalue weighted by Gasteiger charge is -2.36. The number of carbonyl (C=O) groups excluding carboxylic acids is 3.